The molecule has 0 aromatic heterocycles. The molecule has 0 saturated carbocycles. The summed E-state index contributed by atoms with van der Waals surface area (Å²) in [6.45, 7) is 6.54. The number of aryl methyl sites for hydroxylation is 1. The lowest BCUT2D eigenvalue weighted by atomic mass is 10.1. The van der Waals surface area contributed by atoms with E-state index in [0.29, 0.717) is 13.2 Å². The zero-order valence-corrected chi connectivity index (χ0v) is 11.3. The molecule has 0 aliphatic rings. The fraction of sp³-hybridized carbons (Fsp3) is 0.500. The Morgan fingerprint density at radius 1 is 1.39 bits per heavy atom. The largest absolute Gasteiger partial charge is 0.493 e. The highest BCUT2D eigenvalue weighted by Gasteiger charge is 2.20. The third kappa shape index (κ3) is 4.75. The van der Waals surface area contributed by atoms with E-state index in [4.69, 9.17) is 10.5 Å². The van der Waals surface area contributed by atoms with Gasteiger partial charge in [-0.1, -0.05) is 18.2 Å². The van der Waals surface area contributed by atoms with Crippen molar-refractivity contribution < 1.29 is 9.53 Å². The maximum Gasteiger partial charge on any atom is 0.239 e. The van der Waals surface area contributed by atoms with Crippen LogP contribution < -0.4 is 15.8 Å². The summed E-state index contributed by atoms with van der Waals surface area (Å²) in [5.41, 5.74) is 5.95. The molecule has 3 N–H and O–H groups in total. The number of amides is 1. The number of hydrogen-bond acceptors (Lipinski definition) is 3. The van der Waals surface area contributed by atoms with Gasteiger partial charge in [-0.3, -0.25) is 4.79 Å². The molecular formula is C14H22N2O2. The third-order valence-electron chi connectivity index (χ3n) is 2.54. The van der Waals surface area contributed by atoms with E-state index in [1.807, 2.05) is 31.2 Å². The fourth-order valence-corrected chi connectivity index (χ4v) is 1.40. The Morgan fingerprint density at radius 3 is 2.67 bits per heavy atom. The number of carbonyl (C=O) groups excluding carboxylic acids is 1. The second kappa shape index (κ2) is 6.40. The quantitative estimate of drug-likeness (QED) is 0.754. The molecule has 1 amide bonds. The Bertz CT molecular complexity index is 397. The first-order chi connectivity index (χ1) is 8.41. The van der Waals surface area contributed by atoms with Crippen LogP contribution in [0, 0.1) is 6.92 Å². The van der Waals surface area contributed by atoms with Gasteiger partial charge in [-0.05, 0) is 38.8 Å². The van der Waals surface area contributed by atoms with Crippen molar-refractivity contribution >= 4 is 5.91 Å². The highest BCUT2D eigenvalue weighted by Crippen LogP contribution is 2.15. The van der Waals surface area contributed by atoms with Crippen LogP contribution in [-0.2, 0) is 4.79 Å². The maximum atomic E-state index is 11.5. The van der Waals surface area contributed by atoms with Crippen molar-refractivity contribution in [3.8, 4) is 5.75 Å². The van der Waals surface area contributed by atoms with E-state index in [0.717, 1.165) is 17.7 Å². The number of nitrogens with two attached hydrogens (primary N) is 1. The van der Waals surface area contributed by atoms with Crippen LogP contribution in [0.4, 0.5) is 0 Å². The number of nitrogens with one attached hydrogen (secondary N) is 1. The summed E-state index contributed by atoms with van der Waals surface area (Å²) >= 11 is 0. The van der Waals surface area contributed by atoms with E-state index in [-0.39, 0.29) is 5.91 Å². The predicted octanol–water partition coefficient (Wildman–Crippen LogP) is 1.62. The maximum absolute atomic E-state index is 11.5. The molecule has 100 valence electrons. The van der Waals surface area contributed by atoms with Crippen molar-refractivity contribution in [1.82, 2.24) is 5.32 Å². The zero-order chi connectivity index (χ0) is 13.6. The van der Waals surface area contributed by atoms with Gasteiger partial charge in [0.25, 0.3) is 0 Å². The average molecular weight is 250 g/mol. The van der Waals surface area contributed by atoms with Crippen LogP contribution >= 0.6 is 0 Å². The topological polar surface area (TPSA) is 64.3 Å². The van der Waals surface area contributed by atoms with Crippen LogP contribution in [0.3, 0.4) is 0 Å². The van der Waals surface area contributed by atoms with Crippen molar-refractivity contribution in [2.24, 2.45) is 5.73 Å². The van der Waals surface area contributed by atoms with Crippen LogP contribution in [0.15, 0.2) is 24.3 Å². The molecule has 0 bridgehead atoms. The number of carbonyl (C=O) groups is 1. The van der Waals surface area contributed by atoms with Gasteiger partial charge < -0.3 is 15.8 Å². The number of ether oxygens (including phenoxy) is 1. The first-order valence-corrected chi connectivity index (χ1v) is 6.17. The van der Waals surface area contributed by atoms with Crippen LogP contribution in [0.2, 0.25) is 0 Å². The normalized spacial score (nSPS) is 11.1. The van der Waals surface area contributed by atoms with Gasteiger partial charge in [-0.25, -0.2) is 0 Å². The Balaban J connectivity index is 2.20. The molecular weight excluding hydrogens is 228 g/mol. The van der Waals surface area contributed by atoms with Gasteiger partial charge in [-0.2, -0.15) is 0 Å². The van der Waals surface area contributed by atoms with Gasteiger partial charge >= 0.3 is 0 Å². The second-order valence-electron chi connectivity index (χ2n) is 4.95. The minimum atomic E-state index is -0.823. The monoisotopic (exact) mass is 250 g/mol. The van der Waals surface area contributed by atoms with Gasteiger partial charge in [0, 0.05) is 6.54 Å². The Kier molecular flexibility index (Phi) is 5.16. The van der Waals surface area contributed by atoms with Gasteiger partial charge in [-0.15, -0.1) is 0 Å². The summed E-state index contributed by atoms with van der Waals surface area (Å²) in [6.07, 6.45) is 0.760. The molecule has 0 aliphatic heterocycles. The van der Waals surface area contributed by atoms with Crippen LogP contribution in [-0.4, -0.2) is 24.6 Å². The Labute approximate surface area is 109 Å². The third-order valence-corrected chi connectivity index (χ3v) is 2.54. The standard InChI is InChI=1S/C14H22N2O2/c1-11-7-4-5-8-12(11)18-10-6-9-16-13(17)14(2,3)15/h4-5,7-8H,6,9-10,15H2,1-3H3,(H,16,17). The first-order valence-electron chi connectivity index (χ1n) is 6.17. The van der Waals surface area contributed by atoms with Gasteiger partial charge in [0.2, 0.25) is 5.91 Å². The molecule has 1 aromatic rings. The SMILES string of the molecule is Cc1ccccc1OCCCNC(=O)C(C)(C)N. The molecule has 1 rings (SSSR count). The number of benzene rings is 1. The van der Waals surface area contributed by atoms with E-state index in [1.54, 1.807) is 13.8 Å². The van der Waals surface area contributed by atoms with E-state index in [1.165, 1.54) is 0 Å². The first kappa shape index (κ1) is 14.5. The lowest BCUT2D eigenvalue weighted by molar-refractivity contribution is -0.125. The van der Waals surface area contributed by atoms with Crippen molar-refractivity contribution in [3.63, 3.8) is 0 Å². The van der Waals surface area contributed by atoms with Crippen molar-refractivity contribution in [3.05, 3.63) is 29.8 Å². The molecule has 0 fully saturated rings. The van der Waals surface area contributed by atoms with E-state index in [9.17, 15) is 4.79 Å². The van der Waals surface area contributed by atoms with Crippen molar-refractivity contribution in [1.29, 1.82) is 0 Å². The van der Waals surface area contributed by atoms with E-state index >= 15 is 0 Å². The lowest BCUT2D eigenvalue weighted by Crippen LogP contribution is -2.49. The molecule has 0 aliphatic carbocycles. The van der Waals surface area contributed by atoms with Gasteiger partial charge in [0.05, 0.1) is 12.1 Å². The molecule has 0 unspecified atom stereocenters. The lowest BCUT2D eigenvalue weighted by Gasteiger charge is -2.17. The molecule has 0 radical (unpaired) electrons. The molecule has 0 saturated heterocycles. The molecule has 0 spiro atoms. The van der Waals surface area contributed by atoms with E-state index < -0.39 is 5.54 Å². The van der Waals surface area contributed by atoms with Crippen molar-refractivity contribution in [2.75, 3.05) is 13.2 Å². The smallest absolute Gasteiger partial charge is 0.239 e. The molecule has 4 nitrogen and oxygen atoms in total. The minimum absolute atomic E-state index is 0.140. The van der Waals surface area contributed by atoms with Crippen LogP contribution in [0.25, 0.3) is 0 Å². The Hall–Kier alpha value is -1.55. The zero-order valence-electron chi connectivity index (χ0n) is 11.3. The van der Waals surface area contributed by atoms with E-state index in [2.05, 4.69) is 5.32 Å². The molecule has 18 heavy (non-hydrogen) atoms. The fourth-order valence-electron chi connectivity index (χ4n) is 1.40. The highest BCUT2D eigenvalue weighted by atomic mass is 16.5. The van der Waals surface area contributed by atoms with Gasteiger partial charge in [0.1, 0.15) is 5.75 Å². The van der Waals surface area contributed by atoms with Crippen LogP contribution in [0.5, 0.6) is 5.75 Å². The summed E-state index contributed by atoms with van der Waals surface area (Å²) in [7, 11) is 0. The number of para-hydroxylation sites is 1. The summed E-state index contributed by atoms with van der Waals surface area (Å²) in [5, 5.41) is 2.78. The summed E-state index contributed by atoms with van der Waals surface area (Å²) in [5.74, 6) is 0.751. The highest BCUT2D eigenvalue weighted by molar-refractivity contribution is 5.84. The molecule has 4 heteroatoms. The minimum Gasteiger partial charge on any atom is -0.493 e. The Morgan fingerprint density at radius 2 is 2.06 bits per heavy atom. The molecule has 0 atom stereocenters. The number of rotatable bonds is 6. The molecule has 1 aromatic carbocycles. The number of hydrogen-bond donors (Lipinski definition) is 2. The summed E-state index contributed by atoms with van der Waals surface area (Å²) in [6, 6.07) is 7.87. The predicted molar refractivity (Wildman–Crippen MR) is 72.6 cm³/mol. The second-order valence-corrected chi connectivity index (χ2v) is 4.95. The average Bonchev–Trinajstić information content (AvgIpc) is 2.29. The van der Waals surface area contributed by atoms with Crippen LogP contribution in [0.1, 0.15) is 25.8 Å². The van der Waals surface area contributed by atoms with Crippen molar-refractivity contribution in [2.45, 2.75) is 32.7 Å². The summed E-state index contributed by atoms with van der Waals surface area (Å²) < 4.78 is 5.62. The summed E-state index contributed by atoms with van der Waals surface area (Å²) in [4.78, 5) is 11.5. The molecule has 0 heterocycles. The van der Waals surface area contributed by atoms with Gasteiger partial charge in [0.15, 0.2) is 0 Å².